The van der Waals surface area contributed by atoms with Crippen molar-refractivity contribution in [2.45, 2.75) is 25.4 Å². The molecule has 1 amide bonds. The van der Waals surface area contributed by atoms with E-state index in [2.05, 4.69) is 25.1 Å². The number of aromatic nitrogens is 3. The van der Waals surface area contributed by atoms with E-state index in [0.717, 1.165) is 50.0 Å². The van der Waals surface area contributed by atoms with E-state index in [-0.39, 0.29) is 5.91 Å². The summed E-state index contributed by atoms with van der Waals surface area (Å²) in [5.41, 5.74) is 2.32. The molecule has 0 radical (unpaired) electrons. The van der Waals surface area contributed by atoms with Gasteiger partial charge in [-0.05, 0) is 42.7 Å². The maximum atomic E-state index is 12.6. The molecule has 0 spiro atoms. The molecule has 1 saturated heterocycles. The van der Waals surface area contributed by atoms with Gasteiger partial charge in [-0.3, -0.25) is 14.6 Å². The van der Waals surface area contributed by atoms with E-state index in [0.29, 0.717) is 16.5 Å². The van der Waals surface area contributed by atoms with Crippen molar-refractivity contribution in [3.8, 4) is 5.69 Å². The highest BCUT2D eigenvalue weighted by molar-refractivity contribution is 6.30. The average molecular weight is 437 g/mol. The summed E-state index contributed by atoms with van der Waals surface area (Å²) in [7, 11) is 0. The number of benzene rings is 1. The third kappa shape index (κ3) is 4.95. The van der Waals surface area contributed by atoms with Crippen molar-refractivity contribution in [2.24, 2.45) is 0 Å². The number of hydrogen-bond donors (Lipinski definition) is 1. The lowest BCUT2D eigenvalue weighted by Crippen LogP contribution is -2.46. The number of pyridine rings is 1. The number of nitrogens with zero attached hydrogens (tertiary/aromatic N) is 5. The highest BCUT2D eigenvalue weighted by Crippen LogP contribution is 2.27. The van der Waals surface area contributed by atoms with Gasteiger partial charge < -0.3 is 9.88 Å². The molecule has 1 aliphatic carbocycles. The summed E-state index contributed by atoms with van der Waals surface area (Å²) in [4.78, 5) is 26.3. The summed E-state index contributed by atoms with van der Waals surface area (Å²) < 4.78 is 1.76. The molecule has 2 aliphatic rings. The molecule has 2 fully saturated rings. The molecule has 0 unspecified atom stereocenters. The number of carbonyl (C=O) groups excluding carboxylic acids is 1. The molecule has 0 bridgehead atoms. The second-order valence-corrected chi connectivity index (χ2v) is 8.63. The Kier molecular flexibility index (Phi) is 5.72. The molecule has 1 saturated carbocycles. The molecule has 8 heteroatoms. The van der Waals surface area contributed by atoms with Crippen LogP contribution in [0.4, 0.5) is 5.82 Å². The standard InChI is InChI=1S/C23H25ClN6O/c24-18-2-1-3-20(12-18)30-15-21(26-16-30)23(31)27-22-7-4-17(13-25-22)14-28-8-10-29(11-9-28)19-5-6-19/h1-4,7,12-13,15-16,19H,5-6,8-11,14H2,(H,25,27,31). The number of rotatable bonds is 6. The van der Waals surface area contributed by atoms with Crippen molar-refractivity contribution in [3.05, 3.63) is 71.4 Å². The molecule has 31 heavy (non-hydrogen) atoms. The number of halogens is 1. The van der Waals surface area contributed by atoms with Gasteiger partial charge in [0, 0.05) is 61.9 Å². The van der Waals surface area contributed by atoms with Crippen LogP contribution >= 0.6 is 11.6 Å². The Balaban J connectivity index is 1.16. The van der Waals surface area contributed by atoms with Crippen LogP contribution < -0.4 is 5.32 Å². The summed E-state index contributed by atoms with van der Waals surface area (Å²) in [6, 6.07) is 12.1. The lowest BCUT2D eigenvalue weighted by molar-refractivity contribution is 0.102. The van der Waals surface area contributed by atoms with Gasteiger partial charge in [0.2, 0.25) is 0 Å². The van der Waals surface area contributed by atoms with E-state index < -0.39 is 0 Å². The zero-order chi connectivity index (χ0) is 21.2. The van der Waals surface area contributed by atoms with E-state index in [1.54, 1.807) is 23.2 Å². The summed E-state index contributed by atoms with van der Waals surface area (Å²) >= 11 is 6.04. The molecule has 3 heterocycles. The quantitative estimate of drug-likeness (QED) is 0.641. The molecule has 1 aromatic carbocycles. The monoisotopic (exact) mass is 436 g/mol. The molecule has 2 aromatic heterocycles. The van der Waals surface area contributed by atoms with E-state index in [1.165, 1.54) is 12.8 Å². The summed E-state index contributed by atoms with van der Waals surface area (Å²) in [6.45, 7) is 5.42. The van der Waals surface area contributed by atoms with Crippen LogP contribution in [-0.2, 0) is 6.54 Å². The highest BCUT2D eigenvalue weighted by atomic mass is 35.5. The van der Waals surface area contributed by atoms with Gasteiger partial charge in [0.15, 0.2) is 0 Å². The first-order chi connectivity index (χ1) is 15.1. The van der Waals surface area contributed by atoms with E-state index >= 15 is 0 Å². The zero-order valence-electron chi connectivity index (χ0n) is 17.2. The molecular formula is C23H25ClN6O. The maximum Gasteiger partial charge on any atom is 0.277 e. The number of carbonyl (C=O) groups is 1. The molecule has 7 nitrogen and oxygen atoms in total. The largest absolute Gasteiger partial charge is 0.305 e. The van der Waals surface area contributed by atoms with Gasteiger partial charge in [0.05, 0.1) is 0 Å². The Morgan fingerprint density at radius 1 is 1.10 bits per heavy atom. The van der Waals surface area contributed by atoms with Crippen molar-refractivity contribution in [1.29, 1.82) is 0 Å². The first-order valence-corrected chi connectivity index (χ1v) is 11.0. The second-order valence-electron chi connectivity index (χ2n) is 8.20. The minimum absolute atomic E-state index is 0.294. The zero-order valence-corrected chi connectivity index (χ0v) is 18.0. The minimum Gasteiger partial charge on any atom is -0.305 e. The Morgan fingerprint density at radius 3 is 2.65 bits per heavy atom. The van der Waals surface area contributed by atoms with Crippen LogP contribution in [0.3, 0.4) is 0 Å². The molecular weight excluding hydrogens is 412 g/mol. The fraction of sp³-hybridized carbons (Fsp3) is 0.348. The van der Waals surface area contributed by atoms with Crippen LogP contribution in [-0.4, -0.2) is 62.5 Å². The summed E-state index contributed by atoms with van der Waals surface area (Å²) in [5, 5.41) is 3.45. The summed E-state index contributed by atoms with van der Waals surface area (Å²) in [5.74, 6) is 0.224. The van der Waals surface area contributed by atoms with Gasteiger partial charge >= 0.3 is 0 Å². The van der Waals surface area contributed by atoms with Crippen molar-refractivity contribution >= 4 is 23.3 Å². The number of hydrogen-bond acceptors (Lipinski definition) is 5. The van der Waals surface area contributed by atoms with Gasteiger partial charge in [-0.2, -0.15) is 0 Å². The van der Waals surface area contributed by atoms with Crippen LogP contribution in [0.25, 0.3) is 5.69 Å². The normalized spacial score (nSPS) is 17.6. The van der Waals surface area contributed by atoms with Gasteiger partial charge in [-0.1, -0.05) is 23.7 Å². The molecule has 3 aromatic rings. The number of imidazole rings is 1. The van der Waals surface area contributed by atoms with E-state index in [4.69, 9.17) is 11.6 Å². The van der Waals surface area contributed by atoms with Crippen LogP contribution in [0.15, 0.2) is 55.1 Å². The first-order valence-electron chi connectivity index (χ1n) is 10.7. The van der Waals surface area contributed by atoms with Crippen molar-refractivity contribution in [1.82, 2.24) is 24.3 Å². The minimum atomic E-state index is -0.294. The predicted molar refractivity (Wildman–Crippen MR) is 121 cm³/mol. The Morgan fingerprint density at radius 2 is 1.94 bits per heavy atom. The highest BCUT2D eigenvalue weighted by Gasteiger charge is 2.31. The Labute approximate surface area is 186 Å². The van der Waals surface area contributed by atoms with Crippen LogP contribution in [0.1, 0.15) is 28.9 Å². The van der Waals surface area contributed by atoms with Gasteiger partial charge in [0.25, 0.3) is 5.91 Å². The van der Waals surface area contributed by atoms with Crippen molar-refractivity contribution in [2.75, 3.05) is 31.5 Å². The second kappa shape index (κ2) is 8.78. The topological polar surface area (TPSA) is 66.3 Å². The molecule has 160 valence electrons. The third-order valence-corrected chi connectivity index (χ3v) is 6.10. The van der Waals surface area contributed by atoms with Crippen molar-refractivity contribution in [3.63, 3.8) is 0 Å². The van der Waals surface area contributed by atoms with Crippen molar-refractivity contribution < 1.29 is 4.79 Å². The first kappa shape index (κ1) is 20.2. The lowest BCUT2D eigenvalue weighted by atomic mass is 10.2. The third-order valence-electron chi connectivity index (χ3n) is 5.86. The maximum absolute atomic E-state index is 12.6. The van der Waals surface area contributed by atoms with E-state index in [1.807, 2.05) is 36.5 Å². The van der Waals surface area contributed by atoms with Crippen LogP contribution in [0.2, 0.25) is 5.02 Å². The average Bonchev–Trinajstić information content (AvgIpc) is 3.51. The Hall–Kier alpha value is -2.74. The number of piperazine rings is 1. The van der Waals surface area contributed by atoms with Gasteiger partial charge in [0.1, 0.15) is 17.8 Å². The number of anilines is 1. The fourth-order valence-electron chi connectivity index (χ4n) is 3.97. The fourth-order valence-corrected chi connectivity index (χ4v) is 4.16. The van der Waals surface area contributed by atoms with Crippen LogP contribution in [0, 0.1) is 0 Å². The molecule has 1 aliphatic heterocycles. The predicted octanol–water partition coefficient (Wildman–Crippen LogP) is 3.45. The smallest absolute Gasteiger partial charge is 0.277 e. The number of nitrogens with one attached hydrogen (secondary N) is 1. The molecule has 5 rings (SSSR count). The SMILES string of the molecule is O=C(Nc1ccc(CN2CCN(C3CC3)CC2)cn1)c1cn(-c2cccc(Cl)c2)cn1. The van der Waals surface area contributed by atoms with Gasteiger partial charge in [-0.15, -0.1) is 0 Å². The summed E-state index contributed by atoms with van der Waals surface area (Å²) in [6.07, 6.45) is 7.86. The molecule has 0 atom stereocenters. The Bertz CT molecular complexity index is 1050. The number of amides is 1. The van der Waals surface area contributed by atoms with Gasteiger partial charge in [-0.25, -0.2) is 9.97 Å². The lowest BCUT2D eigenvalue weighted by Gasteiger charge is -2.34. The van der Waals surface area contributed by atoms with E-state index in [9.17, 15) is 4.79 Å². The van der Waals surface area contributed by atoms with Crippen LogP contribution in [0.5, 0.6) is 0 Å². The molecule has 1 N–H and O–H groups in total.